The van der Waals surface area contributed by atoms with Gasteiger partial charge in [-0.1, -0.05) is 137 Å². The number of hydrogen-bond acceptors (Lipinski definition) is 15. The minimum atomic E-state index is -0.958. The first-order chi connectivity index (χ1) is 44.9. The number of primary amides is 1. The molecule has 1 unspecified atom stereocenters. The fourth-order valence-electron chi connectivity index (χ4n) is 13.3. The van der Waals surface area contributed by atoms with Crippen LogP contribution in [-0.2, 0) is 65.6 Å². The number of aliphatic hydroxyl groups excluding tert-OH is 1. The lowest BCUT2D eigenvalue weighted by Crippen LogP contribution is -2.55. The third-order valence-corrected chi connectivity index (χ3v) is 19.3. The largest absolute Gasteiger partial charge is 0.445 e. The van der Waals surface area contributed by atoms with E-state index < -0.39 is 84.3 Å². The number of methoxy groups -OCH3 is 2. The number of likely N-dealkylation sites (tertiary alicyclic amines) is 2. The molecule has 8 amide bonds. The quantitative estimate of drug-likeness (QED) is 0.0341. The molecule has 2 fully saturated rings. The number of carbonyl (C=O) groups excluding carboxylic acids is 10. The fraction of sp³-hybridized carbons (Fsp3) is 0.681. The van der Waals surface area contributed by atoms with Crippen LogP contribution in [0.5, 0.6) is 0 Å². The van der Waals surface area contributed by atoms with Crippen molar-refractivity contribution in [2.24, 2.45) is 53.1 Å². The fourth-order valence-corrected chi connectivity index (χ4v) is 13.3. The number of Topliss-reactive ketones (excluding diaryl/α,β-unsaturated/α-hetero) is 3. The van der Waals surface area contributed by atoms with Crippen molar-refractivity contribution >= 4 is 64.8 Å². The summed E-state index contributed by atoms with van der Waals surface area (Å²) in [5.41, 5.74) is 7.17. The van der Waals surface area contributed by atoms with E-state index in [1.807, 2.05) is 80.5 Å². The normalized spacial score (nSPS) is 18.4. The summed E-state index contributed by atoms with van der Waals surface area (Å²) in [6, 6.07) is 11.7. The van der Waals surface area contributed by atoms with E-state index in [0.29, 0.717) is 87.0 Å². The first-order valence-corrected chi connectivity index (χ1v) is 34.3. The second kappa shape index (κ2) is 39.2. The Morgan fingerprint density at radius 2 is 1.40 bits per heavy atom. The van der Waals surface area contributed by atoms with Gasteiger partial charge in [0, 0.05) is 97.8 Å². The van der Waals surface area contributed by atoms with Gasteiger partial charge in [0.1, 0.15) is 18.2 Å². The van der Waals surface area contributed by atoms with Crippen molar-refractivity contribution in [2.75, 3.05) is 47.9 Å². The Balaban J connectivity index is 1.37. The maximum Gasteiger partial charge on any atom is 0.410 e. The maximum absolute atomic E-state index is 14.9. The van der Waals surface area contributed by atoms with Crippen molar-refractivity contribution in [2.45, 2.75) is 221 Å². The topological polar surface area (TPSA) is 318 Å². The van der Waals surface area contributed by atoms with Gasteiger partial charge < -0.3 is 60.6 Å². The number of likely N-dealkylation sites (N-methyl/N-ethyl adjacent to an activating group) is 2. The van der Waals surface area contributed by atoms with Crippen LogP contribution in [0.4, 0.5) is 9.59 Å². The number of unbranched alkanes of at least 4 members (excludes halogenated alkanes) is 2. The molecule has 4 rings (SSSR count). The van der Waals surface area contributed by atoms with Crippen molar-refractivity contribution < 1.29 is 67.3 Å². The van der Waals surface area contributed by atoms with Gasteiger partial charge in [-0.15, -0.1) is 0 Å². The second-order valence-corrected chi connectivity index (χ2v) is 27.5. The first kappa shape index (κ1) is 80.3. The highest BCUT2D eigenvalue weighted by Gasteiger charge is 2.44. The number of hydrogen-bond donors (Lipinski definition) is 6. The first-order valence-electron chi connectivity index (χ1n) is 34.3. The van der Waals surface area contributed by atoms with Crippen molar-refractivity contribution in [1.82, 2.24) is 35.6 Å². The van der Waals surface area contributed by atoms with E-state index in [9.17, 15) is 53.1 Å². The van der Waals surface area contributed by atoms with Crippen LogP contribution in [0.2, 0.25) is 0 Å². The van der Waals surface area contributed by atoms with Gasteiger partial charge in [0.2, 0.25) is 29.5 Å². The molecule has 2 aliphatic heterocycles. The standard InChI is InChI=1S/C72H113N9O14/c1-16-46(8)64(60(93-14)41-62(85)80-36-24-29-57(80)66(94-15)48(10)67(87)76-49(11)65(86)52-25-19-17-20-26-52)78(12)70(90)55(44(4)5)40-59(84)63(45(6)7)79(13)72(92)95-42-51-32-30-50(31-33-51)38-58(83)56(28-23-34-75-71(74)91)77-68(88)54(43(2)3)39-53(82)27-21-18-22-35-81-61(73)37-47(9)69(81)89/h17,19-20,25-26,30-33,43-49,54-57,60,63-66,73,86H,16,18,21-24,27-29,34-42H2,1-15H3,(H,76,87)(H,77,88)(H3,74,75,91)/t46-,47?,48+,49+,54-,55-,56-,57-,60+,63-,64-,65+,66+/m0/s1. The molecule has 0 spiro atoms. The lowest BCUT2D eigenvalue weighted by molar-refractivity contribution is -0.149. The number of ketones is 3. The number of urea groups is 1. The molecule has 2 aromatic carbocycles. The van der Waals surface area contributed by atoms with Gasteiger partial charge >= 0.3 is 12.1 Å². The summed E-state index contributed by atoms with van der Waals surface area (Å²) < 4.78 is 17.9. The molecule has 7 N–H and O–H groups in total. The molecule has 0 saturated carbocycles. The van der Waals surface area contributed by atoms with Crippen LogP contribution in [0.3, 0.4) is 0 Å². The van der Waals surface area contributed by atoms with E-state index in [0.717, 1.165) is 0 Å². The van der Waals surface area contributed by atoms with E-state index >= 15 is 0 Å². The third-order valence-electron chi connectivity index (χ3n) is 19.3. The summed E-state index contributed by atoms with van der Waals surface area (Å²) in [6.07, 6.45) is 1.66. The molecule has 95 heavy (non-hydrogen) atoms. The average Bonchev–Trinajstić information content (AvgIpc) is 1.78. The van der Waals surface area contributed by atoms with Crippen molar-refractivity contribution in [1.29, 1.82) is 5.41 Å². The number of rotatable bonds is 41. The van der Waals surface area contributed by atoms with Gasteiger partial charge in [0.05, 0.1) is 60.9 Å². The van der Waals surface area contributed by atoms with Gasteiger partial charge in [-0.05, 0) is 85.8 Å². The Bertz CT molecular complexity index is 2870. The molecule has 0 bridgehead atoms. The van der Waals surface area contributed by atoms with E-state index in [2.05, 4.69) is 16.0 Å². The summed E-state index contributed by atoms with van der Waals surface area (Å²) in [5.74, 6) is -5.09. The number of nitrogens with zero attached hydrogens (tertiary/aromatic N) is 4. The van der Waals surface area contributed by atoms with Gasteiger partial charge in [0.25, 0.3) is 0 Å². The maximum atomic E-state index is 14.9. The zero-order valence-electron chi connectivity index (χ0n) is 59.3. The number of nitrogens with two attached hydrogens (primary N) is 1. The van der Waals surface area contributed by atoms with Gasteiger partial charge in [-0.2, -0.15) is 0 Å². The highest BCUT2D eigenvalue weighted by molar-refractivity contribution is 6.04. The predicted molar refractivity (Wildman–Crippen MR) is 363 cm³/mol. The number of aliphatic hydroxyl groups is 1. The van der Waals surface area contributed by atoms with E-state index in [1.165, 1.54) is 31.1 Å². The Labute approximate surface area is 564 Å². The highest BCUT2D eigenvalue weighted by atomic mass is 16.6. The predicted octanol–water partition coefficient (Wildman–Crippen LogP) is 8.35. The molecule has 2 aliphatic rings. The van der Waals surface area contributed by atoms with Gasteiger partial charge in [-0.25, -0.2) is 9.59 Å². The van der Waals surface area contributed by atoms with Crippen molar-refractivity contribution in [3.63, 3.8) is 0 Å². The number of nitrogens with one attached hydrogen (secondary N) is 4. The molecule has 2 saturated heterocycles. The molecular weight excluding hydrogens is 1210 g/mol. The monoisotopic (exact) mass is 1330 g/mol. The molecule has 0 aliphatic carbocycles. The molecule has 2 aromatic rings. The van der Waals surface area contributed by atoms with Crippen LogP contribution in [0.25, 0.3) is 0 Å². The molecule has 23 nitrogen and oxygen atoms in total. The summed E-state index contributed by atoms with van der Waals surface area (Å²) in [5, 5.41) is 27.4. The minimum absolute atomic E-state index is 0.00812. The van der Waals surface area contributed by atoms with E-state index in [4.69, 9.17) is 25.4 Å². The SMILES string of the molecule is CC[C@H](C)[C@@H]([C@@H](CC(=O)N1CCC[C@H]1[C@H](OC)[C@@H](C)C(=O)N[C@H](C)[C@@H](O)c1ccccc1)OC)N(C)C(=O)[C@@H](CC(=O)[C@H](C(C)C)N(C)C(=O)OCc1ccc(CC(=O)[C@H](CCCNC(N)=O)NC(=O)[C@@H](CC(=O)CCCCCN2C(=N)CC(C)C2=O)C(C)C)cc1)C(C)C. The Kier molecular flexibility index (Phi) is 33.1. The molecule has 530 valence electrons. The van der Waals surface area contributed by atoms with Crippen LogP contribution in [-0.4, -0.2) is 180 Å². The Morgan fingerprint density at radius 3 is 1.97 bits per heavy atom. The van der Waals surface area contributed by atoms with E-state index in [-0.39, 0.29) is 122 Å². The van der Waals surface area contributed by atoms with Crippen molar-refractivity contribution in [3.05, 3.63) is 71.3 Å². The number of ether oxygens (including phenoxy) is 3. The zero-order chi connectivity index (χ0) is 71.0. The zero-order valence-corrected chi connectivity index (χ0v) is 59.3. The number of carbonyl (C=O) groups is 10. The minimum Gasteiger partial charge on any atom is -0.445 e. The Morgan fingerprint density at radius 1 is 0.758 bits per heavy atom. The third kappa shape index (κ3) is 23.6. The molecule has 23 heteroatoms. The summed E-state index contributed by atoms with van der Waals surface area (Å²) >= 11 is 0. The lowest BCUT2D eigenvalue weighted by Gasteiger charge is -2.41. The second-order valence-electron chi connectivity index (χ2n) is 27.5. The van der Waals surface area contributed by atoms with E-state index in [1.54, 1.807) is 67.1 Å². The number of benzene rings is 2. The van der Waals surface area contributed by atoms with Crippen LogP contribution < -0.4 is 21.7 Å². The Hall–Kier alpha value is -7.11. The van der Waals surface area contributed by atoms with Gasteiger partial charge in [-0.3, -0.25) is 43.8 Å². The van der Waals surface area contributed by atoms with Crippen LogP contribution in [0.15, 0.2) is 54.6 Å². The lowest BCUT2D eigenvalue weighted by atomic mass is 9.83. The number of amidine groups is 1. The van der Waals surface area contributed by atoms with Crippen LogP contribution in [0.1, 0.15) is 182 Å². The summed E-state index contributed by atoms with van der Waals surface area (Å²) in [6.45, 7) is 21.3. The molecule has 13 atom stereocenters. The summed E-state index contributed by atoms with van der Waals surface area (Å²) in [4.78, 5) is 142. The highest BCUT2D eigenvalue weighted by Crippen LogP contribution is 2.32. The number of amides is 8. The molecular formula is C72H113N9O14. The van der Waals surface area contributed by atoms with Gasteiger partial charge in [0.15, 0.2) is 11.6 Å². The summed E-state index contributed by atoms with van der Waals surface area (Å²) in [7, 11) is 6.22. The molecule has 2 heterocycles. The molecule has 0 radical (unpaired) electrons. The van der Waals surface area contributed by atoms with Crippen LogP contribution in [0, 0.1) is 52.8 Å². The molecule has 0 aromatic heterocycles. The van der Waals surface area contributed by atoms with Crippen LogP contribution >= 0.6 is 0 Å². The average molecular weight is 1330 g/mol. The smallest absolute Gasteiger partial charge is 0.410 e. The van der Waals surface area contributed by atoms with Crippen molar-refractivity contribution in [3.8, 4) is 0 Å².